The first kappa shape index (κ1) is 25.5. The van der Waals surface area contributed by atoms with Gasteiger partial charge in [-0.2, -0.15) is 0 Å². The Morgan fingerprint density at radius 2 is 1.37 bits per heavy atom. The van der Waals surface area contributed by atoms with E-state index in [9.17, 15) is 18.2 Å². The van der Waals surface area contributed by atoms with Gasteiger partial charge in [0.05, 0.1) is 0 Å². The molecule has 0 amide bonds. The van der Waals surface area contributed by atoms with E-state index in [1.807, 2.05) is 74.4 Å². The van der Waals surface area contributed by atoms with Crippen LogP contribution in [0.1, 0.15) is 27.2 Å². The molecule has 0 spiro atoms. The monoisotopic (exact) mass is 478 g/mol. The number of hydrogen-bond donors (Lipinski definition) is 0. The second-order valence-electron chi connectivity index (χ2n) is 8.06. The Morgan fingerprint density at radius 3 is 1.86 bits per heavy atom. The number of ketones is 1. The summed E-state index contributed by atoms with van der Waals surface area (Å²) < 4.78 is 35.7. The maximum Gasteiger partial charge on any atom is 0.796 e. The van der Waals surface area contributed by atoms with Crippen molar-refractivity contribution in [2.75, 3.05) is 38.0 Å². The molecule has 0 aliphatic heterocycles. The molecule has 0 radical (unpaired) electrons. The fourth-order valence-electron chi connectivity index (χ4n) is 3.18. The van der Waals surface area contributed by atoms with Gasteiger partial charge in [-0.25, -0.2) is 13.4 Å². The fourth-order valence-corrected chi connectivity index (χ4v) is 3.18. The van der Waals surface area contributed by atoms with Gasteiger partial charge in [-0.05, 0) is 47.5 Å². The third-order valence-electron chi connectivity index (χ3n) is 5.08. The van der Waals surface area contributed by atoms with Crippen molar-refractivity contribution in [2.45, 2.75) is 0 Å². The summed E-state index contributed by atoms with van der Waals surface area (Å²) >= 11 is 0. The molecular weight excluding hydrogens is 453 g/mol. The molecule has 6 nitrogen and oxygen atoms in total. The topological polar surface area (TPSA) is 63.0 Å². The summed E-state index contributed by atoms with van der Waals surface area (Å²) in [5.41, 5.74) is 1.81. The SMILES string of the molecule is CN(C)c1ccc(/C=C/C(=O)c2c(OB(F)F)cc(/C=C/c3ccc(N(C)C)cc3)oc2=O)cc1. The Bertz CT molecular complexity index is 1280. The maximum absolute atomic E-state index is 13.0. The summed E-state index contributed by atoms with van der Waals surface area (Å²) in [7, 11) is 4.42. The first-order valence-electron chi connectivity index (χ1n) is 10.7. The molecule has 0 atom stereocenters. The Balaban J connectivity index is 1.87. The predicted molar refractivity (Wildman–Crippen MR) is 137 cm³/mol. The zero-order chi connectivity index (χ0) is 25.5. The van der Waals surface area contributed by atoms with Crippen LogP contribution in [0.3, 0.4) is 0 Å². The van der Waals surface area contributed by atoms with Crippen LogP contribution < -0.4 is 20.1 Å². The average Bonchev–Trinajstić information content (AvgIpc) is 2.81. The van der Waals surface area contributed by atoms with Crippen LogP contribution >= 0.6 is 0 Å². The highest BCUT2D eigenvalue weighted by Gasteiger charge is 2.25. The molecule has 0 aliphatic carbocycles. The van der Waals surface area contributed by atoms with Gasteiger partial charge < -0.3 is 18.9 Å². The van der Waals surface area contributed by atoms with Crippen LogP contribution in [0.2, 0.25) is 0 Å². The minimum Gasteiger partial charge on any atom is -0.504 e. The molecule has 180 valence electrons. The second kappa shape index (κ2) is 11.3. The number of hydrogen-bond acceptors (Lipinski definition) is 6. The standard InChI is InChI=1S/C26H25BF2N2O4/c1-30(2)20-11-5-18(6-12-20)9-15-22-17-24(35-27(28)29)25(26(33)34-22)23(32)16-10-19-7-13-21(14-8-19)31(3)4/h5-17H,1-4H3/b15-9+,16-10+. The molecule has 2 aromatic carbocycles. The molecule has 1 aromatic heterocycles. The summed E-state index contributed by atoms with van der Waals surface area (Å²) in [6.45, 7) is 0. The number of halogens is 2. The van der Waals surface area contributed by atoms with Gasteiger partial charge in [-0.1, -0.05) is 36.4 Å². The molecule has 0 aliphatic rings. The van der Waals surface area contributed by atoms with Gasteiger partial charge >= 0.3 is 13.1 Å². The summed E-state index contributed by atoms with van der Waals surface area (Å²) in [6, 6.07) is 15.9. The zero-order valence-corrected chi connectivity index (χ0v) is 19.9. The normalized spacial score (nSPS) is 11.1. The van der Waals surface area contributed by atoms with E-state index in [0.717, 1.165) is 29.1 Å². The molecule has 35 heavy (non-hydrogen) atoms. The fraction of sp³-hybridized carbons (Fsp3) is 0.154. The predicted octanol–water partition coefficient (Wildman–Crippen LogP) is 5.14. The van der Waals surface area contributed by atoms with Gasteiger partial charge in [0.15, 0.2) is 5.78 Å². The minimum absolute atomic E-state index is 0.0258. The zero-order valence-electron chi connectivity index (χ0n) is 19.9. The first-order chi connectivity index (χ1) is 16.6. The molecule has 3 rings (SSSR count). The maximum atomic E-state index is 13.0. The van der Waals surface area contributed by atoms with Gasteiger partial charge in [0.1, 0.15) is 17.1 Å². The summed E-state index contributed by atoms with van der Waals surface area (Å²) in [4.78, 5) is 29.1. The number of allylic oxidation sites excluding steroid dienone is 1. The molecule has 0 unspecified atom stereocenters. The molecule has 1 heterocycles. The van der Waals surface area contributed by atoms with Crippen LogP contribution in [-0.2, 0) is 0 Å². The average molecular weight is 478 g/mol. The molecule has 0 saturated carbocycles. The van der Waals surface area contributed by atoms with E-state index >= 15 is 0 Å². The summed E-state index contributed by atoms with van der Waals surface area (Å²) in [6.07, 6.45) is 5.71. The molecule has 0 bridgehead atoms. The molecule has 0 saturated heterocycles. The van der Waals surface area contributed by atoms with Crippen molar-refractivity contribution in [1.29, 1.82) is 0 Å². The van der Waals surface area contributed by atoms with Crippen LogP contribution in [-0.4, -0.2) is 41.4 Å². The van der Waals surface area contributed by atoms with E-state index in [0.29, 0.717) is 5.56 Å². The number of benzene rings is 2. The van der Waals surface area contributed by atoms with E-state index in [1.165, 1.54) is 12.2 Å². The van der Waals surface area contributed by atoms with Crippen LogP contribution in [0.15, 0.2) is 69.9 Å². The largest absolute Gasteiger partial charge is 0.796 e. The molecule has 0 N–H and O–H groups in total. The Hall–Kier alpha value is -4.14. The molecule has 3 aromatic rings. The van der Waals surface area contributed by atoms with E-state index in [-0.39, 0.29) is 5.76 Å². The minimum atomic E-state index is -3.22. The smallest absolute Gasteiger partial charge is 0.504 e. The quantitative estimate of drug-likeness (QED) is 0.241. The van der Waals surface area contributed by atoms with E-state index in [2.05, 4.69) is 4.65 Å². The highest BCUT2D eigenvalue weighted by atomic mass is 19.2. The lowest BCUT2D eigenvalue weighted by molar-refractivity contribution is 0.104. The number of carbonyl (C=O) groups is 1. The third kappa shape index (κ3) is 6.93. The lowest BCUT2D eigenvalue weighted by atomic mass is 10.1. The van der Waals surface area contributed by atoms with Crippen LogP contribution in [0.5, 0.6) is 5.75 Å². The van der Waals surface area contributed by atoms with E-state index in [1.54, 1.807) is 18.2 Å². The lowest BCUT2D eigenvalue weighted by Gasteiger charge is -2.11. The highest BCUT2D eigenvalue weighted by Crippen LogP contribution is 2.22. The Kier molecular flexibility index (Phi) is 8.25. The molecule has 9 heteroatoms. The van der Waals surface area contributed by atoms with Crippen molar-refractivity contribution >= 4 is 42.9 Å². The van der Waals surface area contributed by atoms with Crippen LogP contribution in [0.4, 0.5) is 20.0 Å². The van der Waals surface area contributed by atoms with Crippen molar-refractivity contribution in [1.82, 2.24) is 0 Å². The summed E-state index contributed by atoms with van der Waals surface area (Å²) in [5.74, 6) is -1.38. The van der Waals surface area contributed by atoms with Crippen LogP contribution in [0, 0.1) is 0 Å². The van der Waals surface area contributed by atoms with Crippen LogP contribution in [0.25, 0.3) is 18.2 Å². The highest BCUT2D eigenvalue weighted by molar-refractivity contribution is 6.35. The Morgan fingerprint density at radius 1 is 0.857 bits per heavy atom. The van der Waals surface area contributed by atoms with Gasteiger partial charge in [-0.3, -0.25) is 4.79 Å². The summed E-state index contributed by atoms with van der Waals surface area (Å²) in [5, 5.41) is 0. The van der Waals surface area contributed by atoms with Crippen molar-refractivity contribution in [3.05, 3.63) is 93.5 Å². The van der Waals surface area contributed by atoms with Gasteiger partial charge in [0.2, 0.25) is 0 Å². The number of nitrogens with zero attached hydrogens (tertiary/aromatic N) is 2. The Labute approximate surface area is 202 Å². The van der Waals surface area contributed by atoms with Crippen molar-refractivity contribution in [3.8, 4) is 5.75 Å². The lowest BCUT2D eigenvalue weighted by Crippen LogP contribution is -2.19. The first-order valence-corrected chi connectivity index (χ1v) is 10.7. The second-order valence-corrected chi connectivity index (χ2v) is 8.06. The molecular formula is C26H25BF2N2O4. The van der Waals surface area contributed by atoms with E-state index in [4.69, 9.17) is 4.42 Å². The van der Waals surface area contributed by atoms with Gasteiger partial charge in [0, 0.05) is 45.6 Å². The number of carbonyl (C=O) groups excluding carboxylic acids is 1. The van der Waals surface area contributed by atoms with Crippen molar-refractivity contribution < 1.29 is 22.5 Å². The van der Waals surface area contributed by atoms with Gasteiger partial charge in [0.25, 0.3) is 0 Å². The third-order valence-corrected chi connectivity index (χ3v) is 5.08. The van der Waals surface area contributed by atoms with Crippen molar-refractivity contribution in [3.63, 3.8) is 0 Å². The van der Waals surface area contributed by atoms with E-state index < -0.39 is 30.2 Å². The number of anilines is 2. The molecule has 0 fully saturated rings. The number of rotatable bonds is 9. The van der Waals surface area contributed by atoms with Crippen molar-refractivity contribution in [2.24, 2.45) is 0 Å². The van der Waals surface area contributed by atoms with Gasteiger partial charge in [-0.15, -0.1) is 0 Å².